The Labute approximate surface area is 135 Å². The molecule has 2 rings (SSSR count). The van der Waals surface area contributed by atoms with Gasteiger partial charge in [0, 0.05) is 11.3 Å². The third-order valence-electron chi connectivity index (χ3n) is 2.72. The Morgan fingerprint density at radius 3 is 2.86 bits per heavy atom. The molecule has 0 aliphatic rings. The Kier molecular flexibility index (Phi) is 6.26. The first-order chi connectivity index (χ1) is 10.6. The number of halogens is 2. The third-order valence-corrected chi connectivity index (χ3v) is 4.61. The van der Waals surface area contributed by atoms with E-state index in [1.807, 2.05) is 0 Å². The maximum absolute atomic E-state index is 13.0. The summed E-state index contributed by atoms with van der Waals surface area (Å²) in [4.78, 5) is 12.3. The van der Waals surface area contributed by atoms with Crippen molar-refractivity contribution in [3.05, 3.63) is 34.8 Å². The third kappa shape index (κ3) is 5.03. The van der Waals surface area contributed by atoms with E-state index >= 15 is 0 Å². The zero-order valence-corrected chi connectivity index (χ0v) is 13.6. The van der Waals surface area contributed by atoms with Crippen LogP contribution in [0.5, 0.6) is 0 Å². The van der Waals surface area contributed by atoms with E-state index in [9.17, 15) is 13.6 Å². The molecule has 118 valence electrons. The number of thioether (sulfide) groups is 1. The standard InChI is InChI=1S/C14H15F2N3OS2/c1-2-3-4-13-18-19-14(22-13)17-12(20)8-21-9-5-6-10(15)11(16)7-9/h5-7H,2-4,8H2,1H3,(H,17,19,20). The number of hydrogen-bond donors (Lipinski definition) is 1. The summed E-state index contributed by atoms with van der Waals surface area (Å²) in [5, 5.41) is 11.9. The molecule has 0 aliphatic carbocycles. The fourth-order valence-electron chi connectivity index (χ4n) is 1.60. The lowest BCUT2D eigenvalue weighted by Gasteiger charge is -2.02. The van der Waals surface area contributed by atoms with E-state index in [-0.39, 0.29) is 11.7 Å². The van der Waals surface area contributed by atoms with Crippen molar-refractivity contribution in [2.45, 2.75) is 31.1 Å². The van der Waals surface area contributed by atoms with Crippen LogP contribution in [0.4, 0.5) is 13.9 Å². The van der Waals surface area contributed by atoms with Gasteiger partial charge >= 0.3 is 0 Å². The van der Waals surface area contributed by atoms with Crippen LogP contribution >= 0.6 is 23.1 Å². The minimum Gasteiger partial charge on any atom is -0.300 e. The molecule has 8 heteroatoms. The monoisotopic (exact) mass is 343 g/mol. The number of hydrogen-bond acceptors (Lipinski definition) is 5. The van der Waals surface area contributed by atoms with Gasteiger partial charge in [-0.15, -0.1) is 22.0 Å². The van der Waals surface area contributed by atoms with Crippen LogP contribution in [0, 0.1) is 11.6 Å². The first kappa shape index (κ1) is 16.8. The van der Waals surface area contributed by atoms with Crippen molar-refractivity contribution in [3.8, 4) is 0 Å². The quantitative estimate of drug-likeness (QED) is 0.775. The molecule has 0 radical (unpaired) electrons. The van der Waals surface area contributed by atoms with Gasteiger partial charge in [0.05, 0.1) is 5.75 Å². The molecule has 0 unspecified atom stereocenters. The van der Waals surface area contributed by atoms with E-state index in [0.717, 1.165) is 48.2 Å². The molecular weight excluding hydrogens is 328 g/mol. The average Bonchev–Trinajstić information content (AvgIpc) is 2.94. The average molecular weight is 343 g/mol. The van der Waals surface area contributed by atoms with Gasteiger partial charge in [-0.2, -0.15) is 0 Å². The van der Waals surface area contributed by atoms with Crippen LogP contribution < -0.4 is 5.32 Å². The zero-order chi connectivity index (χ0) is 15.9. The number of amides is 1. The number of unbranched alkanes of at least 4 members (excludes halogenated alkanes) is 1. The first-order valence-electron chi connectivity index (χ1n) is 6.78. The Balaban J connectivity index is 1.82. The van der Waals surface area contributed by atoms with E-state index in [1.165, 1.54) is 17.4 Å². The molecule has 0 atom stereocenters. The Morgan fingerprint density at radius 1 is 1.32 bits per heavy atom. The van der Waals surface area contributed by atoms with Crippen molar-refractivity contribution < 1.29 is 13.6 Å². The molecule has 4 nitrogen and oxygen atoms in total. The maximum atomic E-state index is 13.0. The lowest BCUT2D eigenvalue weighted by Crippen LogP contribution is -2.13. The van der Waals surface area contributed by atoms with Crippen molar-refractivity contribution in [3.63, 3.8) is 0 Å². The molecule has 0 spiro atoms. The molecule has 1 aromatic heterocycles. The highest BCUT2D eigenvalue weighted by atomic mass is 32.2. The molecule has 1 aromatic carbocycles. The topological polar surface area (TPSA) is 54.9 Å². The molecule has 1 N–H and O–H groups in total. The minimum absolute atomic E-state index is 0.0922. The van der Waals surface area contributed by atoms with Crippen LogP contribution in [0.1, 0.15) is 24.8 Å². The lowest BCUT2D eigenvalue weighted by atomic mass is 10.3. The summed E-state index contributed by atoms with van der Waals surface area (Å²) < 4.78 is 25.8. The summed E-state index contributed by atoms with van der Waals surface area (Å²) in [7, 11) is 0. The molecule has 1 amide bonds. The highest BCUT2D eigenvalue weighted by Gasteiger charge is 2.09. The summed E-state index contributed by atoms with van der Waals surface area (Å²) in [6, 6.07) is 3.55. The molecule has 2 aromatic rings. The van der Waals surface area contributed by atoms with E-state index in [1.54, 1.807) is 0 Å². The molecule has 1 heterocycles. The van der Waals surface area contributed by atoms with Crippen LogP contribution in [-0.2, 0) is 11.2 Å². The van der Waals surface area contributed by atoms with E-state index < -0.39 is 11.6 Å². The highest BCUT2D eigenvalue weighted by Crippen LogP contribution is 2.21. The van der Waals surface area contributed by atoms with Crippen LogP contribution in [0.2, 0.25) is 0 Å². The molecular formula is C14H15F2N3OS2. The second-order valence-electron chi connectivity index (χ2n) is 4.52. The van der Waals surface area contributed by atoms with E-state index in [2.05, 4.69) is 22.4 Å². The number of benzene rings is 1. The Morgan fingerprint density at radius 2 is 2.14 bits per heavy atom. The number of nitrogens with zero attached hydrogens (tertiary/aromatic N) is 2. The predicted molar refractivity (Wildman–Crippen MR) is 84.2 cm³/mol. The van der Waals surface area contributed by atoms with Gasteiger partial charge in [-0.25, -0.2) is 8.78 Å². The maximum Gasteiger partial charge on any atom is 0.236 e. The molecule has 0 bridgehead atoms. The van der Waals surface area contributed by atoms with Gasteiger partial charge in [-0.3, -0.25) is 10.1 Å². The summed E-state index contributed by atoms with van der Waals surface area (Å²) >= 11 is 2.48. The van der Waals surface area contributed by atoms with Crippen molar-refractivity contribution >= 4 is 34.1 Å². The first-order valence-corrected chi connectivity index (χ1v) is 8.58. The molecule has 0 saturated carbocycles. The number of carbonyl (C=O) groups excluding carboxylic acids is 1. The Bertz CT molecular complexity index is 649. The zero-order valence-electron chi connectivity index (χ0n) is 11.9. The Hall–Kier alpha value is -1.54. The van der Waals surface area contributed by atoms with Crippen molar-refractivity contribution in [2.75, 3.05) is 11.1 Å². The number of rotatable bonds is 7. The van der Waals surface area contributed by atoms with E-state index in [4.69, 9.17) is 0 Å². The number of carbonyl (C=O) groups is 1. The molecule has 0 saturated heterocycles. The number of aromatic nitrogens is 2. The van der Waals surface area contributed by atoms with Gasteiger partial charge in [0.1, 0.15) is 5.01 Å². The minimum atomic E-state index is -0.921. The number of anilines is 1. The van der Waals surface area contributed by atoms with Crippen molar-refractivity contribution in [2.24, 2.45) is 0 Å². The normalized spacial score (nSPS) is 10.7. The van der Waals surface area contributed by atoms with Crippen LogP contribution in [0.3, 0.4) is 0 Å². The predicted octanol–water partition coefficient (Wildman–Crippen LogP) is 3.89. The van der Waals surface area contributed by atoms with E-state index in [0.29, 0.717) is 10.0 Å². The van der Waals surface area contributed by atoms with Crippen molar-refractivity contribution in [1.29, 1.82) is 0 Å². The summed E-state index contributed by atoms with van der Waals surface area (Å²) in [5.41, 5.74) is 0. The fraction of sp³-hybridized carbons (Fsp3) is 0.357. The van der Waals surface area contributed by atoms with Gasteiger partial charge < -0.3 is 0 Å². The van der Waals surface area contributed by atoms with Gasteiger partial charge in [-0.05, 0) is 24.6 Å². The van der Waals surface area contributed by atoms with Crippen LogP contribution in [-0.4, -0.2) is 21.9 Å². The van der Waals surface area contributed by atoms with Crippen molar-refractivity contribution in [1.82, 2.24) is 10.2 Å². The van der Waals surface area contributed by atoms with Gasteiger partial charge in [0.15, 0.2) is 11.6 Å². The second kappa shape index (κ2) is 8.19. The summed E-state index contributed by atoms with van der Waals surface area (Å²) in [6.45, 7) is 2.10. The second-order valence-corrected chi connectivity index (χ2v) is 6.63. The SMILES string of the molecule is CCCCc1nnc(NC(=O)CSc2ccc(F)c(F)c2)s1. The lowest BCUT2D eigenvalue weighted by molar-refractivity contribution is -0.113. The smallest absolute Gasteiger partial charge is 0.236 e. The number of nitrogens with one attached hydrogen (secondary N) is 1. The van der Waals surface area contributed by atoms with Crippen LogP contribution in [0.25, 0.3) is 0 Å². The fourth-order valence-corrected chi connectivity index (χ4v) is 3.12. The van der Waals surface area contributed by atoms with Gasteiger partial charge in [0.2, 0.25) is 11.0 Å². The molecule has 0 aliphatic heterocycles. The summed E-state index contributed by atoms with van der Waals surface area (Å²) in [5.74, 6) is -1.99. The summed E-state index contributed by atoms with van der Waals surface area (Å²) in [6.07, 6.45) is 2.97. The number of aryl methyl sites for hydroxylation is 1. The largest absolute Gasteiger partial charge is 0.300 e. The van der Waals surface area contributed by atoms with Crippen LogP contribution in [0.15, 0.2) is 23.1 Å². The molecule has 22 heavy (non-hydrogen) atoms. The highest BCUT2D eigenvalue weighted by molar-refractivity contribution is 8.00. The van der Waals surface area contributed by atoms with Gasteiger partial charge in [0.25, 0.3) is 0 Å². The molecule has 0 fully saturated rings. The van der Waals surface area contributed by atoms with Gasteiger partial charge in [-0.1, -0.05) is 24.7 Å².